The van der Waals surface area contributed by atoms with Crippen LogP contribution in [0.2, 0.25) is 0 Å². The number of benzene rings is 1. The van der Waals surface area contributed by atoms with Crippen LogP contribution in [0, 0.1) is 0 Å². The van der Waals surface area contributed by atoms with Crippen LogP contribution in [0.4, 0.5) is 0 Å². The summed E-state index contributed by atoms with van der Waals surface area (Å²) in [5, 5.41) is 0. The third-order valence-corrected chi connectivity index (χ3v) is 6.84. The van der Waals surface area contributed by atoms with E-state index in [4.69, 9.17) is 0 Å². The summed E-state index contributed by atoms with van der Waals surface area (Å²) in [6.45, 7) is 0.588. The van der Waals surface area contributed by atoms with Crippen LogP contribution in [-0.4, -0.2) is 29.3 Å². The van der Waals surface area contributed by atoms with Gasteiger partial charge in [-0.15, -0.1) is 0 Å². The van der Waals surface area contributed by atoms with Crippen molar-refractivity contribution >= 4 is 13.3 Å². The molecule has 1 saturated heterocycles. The minimum atomic E-state index is -3.59. The van der Waals surface area contributed by atoms with Gasteiger partial charge in [-0.2, -0.15) is 0 Å². The van der Waals surface area contributed by atoms with Crippen molar-refractivity contribution in [2.75, 3.05) is 12.8 Å². The maximum atomic E-state index is 12.7. The molecule has 4 nitrogen and oxygen atoms in total. The molecule has 3 rings (SSSR count). The van der Waals surface area contributed by atoms with Crippen LogP contribution in [0.1, 0.15) is 36.8 Å². The molecule has 1 aliphatic heterocycles. The van der Waals surface area contributed by atoms with E-state index in [-0.39, 0.29) is 47.4 Å². The normalized spacial score (nSPS) is 21.7. The average Bonchev–Trinajstić information content (AvgIpc) is 2.81. The fourth-order valence-electron chi connectivity index (χ4n) is 3.36. The van der Waals surface area contributed by atoms with Crippen LogP contribution in [0.25, 0.3) is 0 Å². The SMILES string of the molecule is O=C1CCCCCN1CP(=O)([O-])C1Cc2ccccc2C1.[Na+]. The number of hydrogen-bond acceptors (Lipinski definition) is 3. The Kier molecular flexibility index (Phi) is 6.32. The van der Waals surface area contributed by atoms with E-state index >= 15 is 0 Å². The molecule has 1 atom stereocenters. The number of likely N-dealkylation sites (tertiary alicyclic amines) is 1. The van der Waals surface area contributed by atoms with Crippen LogP contribution in [0.5, 0.6) is 0 Å². The Morgan fingerprint density at radius 2 is 1.77 bits per heavy atom. The van der Waals surface area contributed by atoms with Crippen LogP contribution in [-0.2, 0) is 22.2 Å². The van der Waals surface area contributed by atoms with Gasteiger partial charge in [-0.25, -0.2) is 0 Å². The van der Waals surface area contributed by atoms with Gasteiger partial charge in [0.25, 0.3) is 0 Å². The largest absolute Gasteiger partial charge is 1.00 e. The second kappa shape index (κ2) is 7.63. The zero-order valence-corrected chi connectivity index (χ0v) is 16.1. The van der Waals surface area contributed by atoms with Crippen molar-refractivity contribution in [3.8, 4) is 0 Å². The summed E-state index contributed by atoms with van der Waals surface area (Å²) in [7, 11) is -3.59. The molecular formula is C16H21NNaO3P. The van der Waals surface area contributed by atoms with Crippen LogP contribution < -0.4 is 34.5 Å². The molecule has 1 fully saturated rings. The van der Waals surface area contributed by atoms with Gasteiger partial charge in [0, 0.05) is 26.0 Å². The Labute approximate surface area is 154 Å². The van der Waals surface area contributed by atoms with Gasteiger partial charge in [-0.05, 0) is 36.8 Å². The molecule has 1 aromatic carbocycles. The third-order valence-electron chi connectivity index (χ3n) is 4.63. The molecule has 22 heavy (non-hydrogen) atoms. The summed E-state index contributed by atoms with van der Waals surface area (Å²) in [6, 6.07) is 7.92. The number of nitrogens with zero attached hydrogens (tertiary/aromatic N) is 1. The maximum Gasteiger partial charge on any atom is 1.00 e. The summed E-state index contributed by atoms with van der Waals surface area (Å²) in [6.07, 6.45) is 4.41. The van der Waals surface area contributed by atoms with E-state index in [0.29, 0.717) is 25.8 Å². The Hall–Kier alpha value is -0.120. The van der Waals surface area contributed by atoms with Crippen molar-refractivity contribution in [3.05, 3.63) is 35.4 Å². The summed E-state index contributed by atoms with van der Waals surface area (Å²) in [5.41, 5.74) is 1.94. The molecule has 6 heteroatoms. The average molecular weight is 329 g/mol. The van der Waals surface area contributed by atoms with Gasteiger partial charge in [-0.3, -0.25) is 4.79 Å². The molecule has 1 unspecified atom stereocenters. The fraction of sp³-hybridized carbons (Fsp3) is 0.562. The predicted octanol–water partition coefficient (Wildman–Crippen LogP) is -0.844. The Morgan fingerprint density at radius 1 is 1.14 bits per heavy atom. The zero-order chi connectivity index (χ0) is 14.9. The second-order valence-electron chi connectivity index (χ2n) is 6.17. The zero-order valence-electron chi connectivity index (χ0n) is 13.2. The van der Waals surface area contributed by atoms with E-state index in [1.807, 2.05) is 24.3 Å². The standard InChI is InChI=1S/C16H22NO3P.Na/c18-16-8-2-1-5-9-17(16)12-21(19,20)15-10-13-6-3-4-7-14(13)11-15;/h3-4,6-7,15H,1-2,5,8-12H2,(H,19,20);/q;+1/p-1. The number of rotatable bonds is 3. The van der Waals surface area contributed by atoms with Crippen molar-refractivity contribution < 1.29 is 43.8 Å². The van der Waals surface area contributed by atoms with Crippen molar-refractivity contribution in [3.63, 3.8) is 0 Å². The molecule has 1 aliphatic carbocycles. The molecule has 114 valence electrons. The summed E-state index contributed by atoms with van der Waals surface area (Å²) >= 11 is 0. The predicted molar refractivity (Wildman–Crippen MR) is 80.3 cm³/mol. The first-order chi connectivity index (χ1) is 10.1. The summed E-state index contributed by atoms with van der Waals surface area (Å²) in [4.78, 5) is 26.2. The van der Waals surface area contributed by atoms with E-state index in [0.717, 1.165) is 30.4 Å². The molecule has 0 bridgehead atoms. The maximum absolute atomic E-state index is 12.7. The number of carbonyl (C=O) groups excluding carboxylic acids is 1. The monoisotopic (exact) mass is 329 g/mol. The minimum absolute atomic E-state index is 0. The first-order valence-electron chi connectivity index (χ1n) is 7.70. The van der Waals surface area contributed by atoms with Crippen molar-refractivity contribution in [2.24, 2.45) is 0 Å². The Morgan fingerprint density at radius 3 is 2.41 bits per heavy atom. The van der Waals surface area contributed by atoms with Gasteiger partial charge in [0.05, 0.1) is 6.29 Å². The van der Waals surface area contributed by atoms with E-state index < -0.39 is 7.37 Å². The molecule has 1 amide bonds. The fourth-order valence-corrected chi connectivity index (χ4v) is 5.31. The second-order valence-corrected chi connectivity index (χ2v) is 8.63. The van der Waals surface area contributed by atoms with Gasteiger partial charge in [0.2, 0.25) is 5.91 Å². The van der Waals surface area contributed by atoms with Gasteiger partial charge in [0.15, 0.2) is 0 Å². The number of carbonyl (C=O) groups is 1. The summed E-state index contributed by atoms with van der Waals surface area (Å²) < 4.78 is 12.7. The van der Waals surface area contributed by atoms with Gasteiger partial charge in [0.1, 0.15) is 0 Å². The van der Waals surface area contributed by atoms with Crippen LogP contribution in [0.3, 0.4) is 0 Å². The quantitative estimate of drug-likeness (QED) is 0.536. The smallest absolute Gasteiger partial charge is 0.798 e. The molecule has 0 aromatic heterocycles. The van der Waals surface area contributed by atoms with Crippen molar-refractivity contribution in [1.82, 2.24) is 4.90 Å². The Balaban J connectivity index is 0.00000176. The van der Waals surface area contributed by atoms with Crippen molar-refractivity contribution in [1.29, 1.82) is 0 Å². The molecule has 0 saturated carbocycles. The molecule has 1 heterocycles. The number of hydrogen-bond donors (Lipinski definition) is 0. The van der Waals surface area contributed by atoms with Gasteiger partial charge >= 0.3 is 29.6 Å². The van der Waals surface area contributed by atoms with E-state index in [9.17, 15) is 14.3 Å². The number of amides is 1. The minimum Gasteiger partial charge on any atom is -0.798 e. The summed E-state index contributed by atoms with van der Waals surface area (Å²) in [5.74, 6) is -0.000846. The van der Waals surface area contributed by atoms with Gasteiger partial charge in [-0.1, -0.05) is 30.7 Å². The molecule has 0 N–H and O–H groups in total. The molecule has 0 radical (unpaired) electrons. The van der Waals surface area contributed by atoms with Crippen molar-refractivity contribution in [2.45, 2.75) is 44.2 Å². The topological polar surface area (TPSA) is 60.4 Å². The van der Waals surface area contributed by atoms with Gasteiger partial charge < -0.3 is 14.4 Å². The van der Waals surface area contributed by atoms with Crippen LogP contribution in [0.15, 0.2) is 24.3 Å². The van der Waals surface area contributed by atoms with E-state index in [1.165, 1.54) is 0 Å². The number of fused-ring (bicyclic) bond motifs is 1. The van der Waals surface area contributed by atoms with E-state index in [2.05, 4.69) is 0 Å². The molecule has 1 aromatic rings. The first-order valence-corrected chi connectivity index (χ1v) is 9.58. The third kappa shape index (κ3) is 4.04. The van der Waals surface area contributed by atoms with E-state index in [1.54, 1.807) is 4.90 Å². The molecule has 2 aliphatic rings. The van der Waals surface area contributed by atoms with Crippen LogP contribution >= 0.6 is 7.37 Å². The molecule has 0 spiro atoms. The first kappa shape index (κ1) is 18.2. The Bertz CT molecular complexity index is 568. The molecular weight excluding hydrogens is 308 g/mol.